The minimum Gasteiger partial charge on any atom is -0.310 e. The van der Waals surface area contributed by atoms with Crippen LogP contribution in [0.4, 0.5) is 4.39 Å². The molecule has 0 aromatic carbocycles. The number of hydrogen-bond acceptors (Lipinski definition) is 2. The molecule has 2 aromatic heterocycles. The third-order valence-corrected chi connectivity index (χ3v) is 2.23. The van der Waals surface area contributed by atoms with E-state index in [0.717, 1.165) is 22.7 Å². The van der Waals surface area contributed by atoms with Crippen molar-refractivity contribution in [3.05, 3.63) is 23.7 Å². The van der Waals surface area contributed by atoms with Gasteiger partial charge in [-0.05, 0) is 26.0 Å². The zero-order valence-electron chi connectivity index (χ0n) is 8.29. The Labute approximate surface area is 81.6 Å². The topological polar surface area (TPSA) is 30.7 Å². The van der Waals surface area contributed by atoms with E-state index in [4.69, 9.17) is 0 Å². The van der Waals surface area contributed by atoms with Gasteiger partial charge in [-0.1, -0.05) is 0 Å². The molecule has 0 unspecified atom stereocenters. The first-order valence-corrected chi connectivity index (χ1v) is 4.59. The number of aromatic nitrogens is 3. The Hall–Kier alpha value is -1.45. The summed E-state index contributed by atoms with van der Waals surface area (Å²) in [7, 11) is 0. The quantitative estimate of drug-likeness (QED) is 0.730. The molecule has 0 amide bonds. The largest absolute Gasteiger partial charge is 0.310 e. The van der Waals surface area contributed by atoms with Gasteiger partial charge in [-0.3, -0.25) is 0 Å². The Bertz CT molecular complexity index is 462. The molecule has 0 radical (unpaired) electrons. The van der Waals surface area contributed by atoms with Crippen molar-refractivity contribution in [2.24, 2.45) is 0 Å². The summed E-state index contributed by atoms with van der Waals surface area (Å²) in [5.74, 6) is 0.816. The summed E-state index contributed by atoms with van der Waals surface area (Å²) in [5.41, 5.74) is 2.54. The number of aryl methyl sites for hydroxylation is 3. The van der Waals surface area contributed by atoms with Gasteiger partial charge in [0.1, 0.15) is 18.0 Å². The molecule has 4 heteroatoms. The van der Waals surface area contributed by atoms with Gasteiger partial charge in [-0.15, -0.1) is 0 Å². The van der Waals surface area contributed by atoms with Crippen molar-refractivity contribution in [2.75, 3.05) is 6.67 Å². The summed E-state index contributed by atoms with van der Waals surface area (Å²) in [6, 6.07) is 3.83. The molecule has 0 bridgehead atoms. The zero-order valence-corrected chi connectivity index (χ0v) is 8.29. The monoisotopic (exact) mass is 193 g/mol. The SMILES string of the molecule is Cc1ccc2nc(C)n(CCF)c2n1. The molecule has 0 atom stereocenters. The Balaban J connectivity index is 2.66. The van der Waals surface area contributed by atoms with Gasteiger partial charge in [0.25, 0.3) is 0 Å². The first-order valence-electron chi connectivity index (χ1n) is 4.59. The predicted molar refractivity (Wildman–Crippen MR) is 53.0 cm³/mol. The van der Waals surface area contributed by atoms with E-state index in [0.29, 0.717) is 6.54 Å². The first kappa shape index (κ1) is 9.12. The summed E-state index contributed by atoms with van der Waals surface area (Å²) in [4.78, 5) is 8.66. The molecule has 0 saturated heterocycles. The lowest BCUT2D eigenvalue weighted by molar-refractivity contribution is 0.445. The van der Waals surface area contributed by atoms with Crippen LogP contribution >= 0.6 is 0 Å². The van der Waals surface area contributed by atoms with Crippen molar-refractivity contribution < 1.29 is 4.39 Å². The van der Waals surface area contributed by atoms with Crippen LogP contribution in [0.3, 0.4) is 0 Å². The van der Waals surface area contributed by atoms with Crippen molar-refractivity contribution in [1.82, 2.24) is 14.5 Å². The smallest absolute Gasteiger partial charge is 0.160 e. The van der Waals surface area contributed by atoms with Crippen LogP contribution in [0.2, 0.25) is 0 Å². The lowest BCUT2D eigenvalue weighted by Crippen LogP contribution is -2.03. The highest BCUT2D eigenvalue weighted by Crippen LogP contribution is 2.13. The normalized spacial score (nSPS) is 11.1. The maximum Gasteiger partial charge on any atom is 0.160 e. The highest BCUT2D eigenvalue weighted by molar-refractivity contribution is 5.71. The van der Waals surface area contributed by atoms with Crippen LogP contribution in [0.5, 0.6) is 0 Å². The molecule has 0 saturated carbocycles. The maximum absolute atomic E-state index is 12.3. The molecule has 0 N–H and O–H groups in total. The number of imidazole rings is 1. The van der Waals surface area contributed by atoms with Crippen LogP contribution in [0.15, 0.2) is 12.1 Å². The Morgan fingerprint density at radius 1 is 1.29 bits per heavy atom. The van der Waals surface area contributed by atoms with E-state index in [2.05, 4.69) is 9.97 Å². The Kier molecular flexibility index (Phi) is 2.19. The number of nitrogens with zero attached hydrogens (tertiary/aromatic N) is 3. The van der Waals surface area contributed by atoms with Crippen LogP contribution in [0, 0.1) is 13.8 Å². The summed E-state index contributed by atoms with van der Waals surface area (Å²) in [6.07, 6.45) is 0. The van der Waals surface area contributed by atoms with Crippen molar-refractivity contribution in [3.8, 4) is 0 Å². The summed E-state index contributed by atoms with van der Waals surface area (Å²) in [5, 5.41) is 0. The summed E-state index contributed by atoms with van der Waals surface area (Å²) in [6.45, 7) is 3.73. The van der Waals surface area contributed by atoms with Crippen LogP contribution in [0.25, 0.3) is 11.2 Å². The number of fused-ring (bicyclic) bond motifs is 1. The lowest BCUT2D eigenvalue weighted by atomic mass is 10.3. The maximum atomic E-state index is 12.3. The van der Waals surface area contributed by atoms with Crippen molar-refractivity contribution in [2.45, 2.75) is 20.4 Å². The van der Waals surface area contributed by atoms with E-state index in [1.165, 1.54) is 0 Å². The summed E-state index contributed by atoms with van der Waals surface area (Å²) < 4.78 is 14.1. The molecule has 2 aromatic rings. The minimum absolute atomic E-state index is 0.332. The molecule has 0 fully saturated rings. The molecule has 2 heterocycles. The van der Waals surface area contributed by atoms with Crippen molar-refractivity contribution in [1.29, 1.82) is 0 Å². The second kappa shape index (κ2) is 3.36. The number of rotatable bonds is 2. The van der Waals surface area contributed by atoms with E-state index in [-0.39, 0.29) is 6.67 Å². The van der Waals surface area contributed by atoms with Gasteiger partial charge in [0.05, 0.1) is 6.54 Å². The van der Waals surface area contributed by atoms with Gasteiger partial charge < -0.3 is 4.57 Å². The average Bonchev–Trinajstić information content (AvgIpc) is 2.45. The standard InChI is InChI=1S/C10H12FN3/c1-7-3-4-9-10(12-7)14(6-5-11)8(2)13-9/h3-4H,5-6H2,1-2H3. The predicted octanol–water partition coefficient (Wildman–Crippen LogP) is 2.02. The first-order chi connectivity index (χ1) is 6.72. The van der Waals surface area contributed by atoms with Gasteiger partial charge in [-0.25, -0.2) is 14.4 Å². The third kappa shape index (κ3) is 1.36. The second-order valence-electron chi connectivity index (χ2n) is 3.30. The Morgan fingerprint density at radius 3 is 2.79 bits per heavy atom. The zero-order chi connectivity index (χ0) is 10.1. The van der Waals surface area contributed by atoms with Crippen LogP contribution in [-0.2, 0) is 6.54 Å². The molecular weight excluding hydrogens is 181 g/mol. The molecular formula is C10H12FN3. The average molecular weight is 193 g/mol. The van der Waals surface area contributed by atoms with Crippen LogP contribution in [0.1, 0.15) is 11.5 Å². The fourth-order valence-corrected chi connectivity index (χ4v) is 1.56. The highest BCUT2D eigenvalue weighted by atomic mass is 19.1. The third-order valence-electron chi connectivity index (χ3n) is 2.23. The number of halogens is 1. The summed E-state index contributed by atoms with van der Waals surface area (Å²) >= 11 is 0. The number of alkyl halides is 1. The van der Waals surface area contributed by atoms with E-state index < -0.39 is 0 Å². The van der Waals surface area contributed by atoms with Gasteiger partial charge in [-0.2, -0.15) is 0 Å². The molecule has 0 aliphatic carbocycles. The van der Waals surface area contributed by atoms with Gasteiger partial charge in [0, 0.05) is 5.69 Å². The van der Waals surface area contributed by atoms with E-state index >= 15 is 0 Å². The number of pyridine rings is 1. The molecule has 3 nitrogen and oxygen atoms in total. The number of hydrogen-bond donors (Lipinski definition) is 0. The van der Waals surface area contributed by atoms with Crippen LogP contribution < -0.4 is 0 Å². The van der Waals surface area contributed by atoms with Gasteiger partial charge >= 0.3 is 0 Å². The molecule has 0 aliphatic rings. The van der Waals surface area contributed by atoms with Crippen molar-refractivity contribution in [3.63, 3.8) is 0 Å². The highest BCUT2D eigenvalue weighted by Gasteiger charge is 2.07. The van der Waals surface area contributed by atoms with Crippen molar-refractivity contribution >= 4 is 11.2 Å². The molecule has 0 spiro atoms. The van der Waals surface area contributed by atoms with E-state index in [1.807, 2.05) is 30.5 Å². The van der Waals surface area contributed by atoms with E-state index in [1.54, 1.807) is 0 Å². The molecule has 74 valence electrons. The van der Waals surface area contributed by atoms with Gasteiger partial charge in [0.2, 0.25) is 0 Å². The fourth-order valence-electron chi connectivity index (χ4n) is 1.56. The minimum atomic E-state index is -0.387. The molecule has 2 rings (SSSR count). The van der Waals surface area contributed by atoms with Gasteiger partial charge in [0.15, 0.2) is 5.65 Å². The van der Waals surface area contributed by atoms with Crippen LogP contribution in [-0.4, -0.2) is 21.2 Å². The molecule has 14 heavy (non-hydrogen) atoms. The Morgan fingerprint density at radius 2 is 2.07 bits per heavy atom. The van der Waals surface area contributed by atoms with E-state index in [9.17, 15) is 4.39 Å². The second-order valence-corrected chi connectivity index (χ2v) is 3.30. The lowest BCUT2D eigenvalue weighted by Gasteiger charge is -2.01. The molecule has 0 aliphatic heterocycles. The fraction of sp³-hybridized carbons (Fsp3) is 0.400.